The minimum Gasteiger partial charge on any atom is -0.326 e. The number of hydrogen-bond acceptors (Lipinski definition) is 2. The molecule has 1 heterocycles. The first kappa shape index (κ1) is 12.0. The fourth-order valence-corrected chi connectivity index (χ4v) is 1.54. The Balaban J connectivity index is 2.73. The van der Waals surface area contributed by atoms with E-state index in [9.17, 15) is 4.79 Å². The molecule has 0 aliphatic rings. The number of aromatic nitrogens is 2. The zero-order chi connectivity index (χ0) is 11.4. The predicted molar refractivity (Wildman–Crippen MR) is 61.8 cm³/mol. The van der Waals surface area contributed by atoms with Gasteiger partial charge in [0, 0.05) is 31.5 Å². The molecular formula is C11H21N3O. The van der Waals surface area contributed by atoms with Crippen molar-refractivity contribution in [1.82, 2.24) is 9.13 Å². The van der Waals surface area contributed by atoms with E-state index < -0.39 is 0 Å². The average molecular weight is 211 g/mol. The van der Waals surface area contributed by atoms with E-state index in [-0.39, 0.29) is 11.7 Å². The fourth-order valence-electron chi connectivity index (χ4n) is 1.54. The largest absolute Gasteiger partial charge is 0.328 e. The van der Waals surface area contributed by atoms with Crippen LogP contribution in [0.1, 0.15) is 27.2 Å². The fraction of sp³-hybridized carbons (Fsp3) is 0.727. The van der Waals surface area contributed by atoms with Gasteiger partial charge >= 0.3 is 5.69 Å². The summed E-state index contributed by atoms with van der Waals surface area (Å²) in [7, 11) is 0. The van der Waals surface area contributed by atoms with Gasteiger partial charge in [-0.05, 0) is 12.8 Å². The summed E-state index contributed by atoms with van der Waals surface area (Å²) in [6.07, 6.45) is 4.67. The van der Waals surface area contributed by atoms with Gasteiger partial charge in [0.1, 0.15) is 0 Å². The molecule has 0 bridgehead atoms. The van der Waals surface area contributed by atoms with Crippen LogP contribution < -0.4 is 11.4 Å². The normalized spacial score (nSPS) is 15.2. The highest BCUT2D eigenvalue weighted by Crippen LogP contribution is 2.06. The number of imidazole rings is 1. The van der Waals surface area contributed by atoms with Crippen LogP contribution in [0.15, 0.2) is 17.2 Å². The van der Waals surface area contributed by atoms with Crippen molar-refractivity contribution in [3.05, 3.63) is 22.9 Å². The Bertz CT molecular complexity index is 353. The number of rotatable bonds is 5. The van der Waals surface area contributed by atoms with Crippen LogP contribution in [0.3, 0.4) is 0 Å². The molecule has 0 fully saturated rings. The van der Waals surface area contributed by atoms with Crippen LogP contribution >= 0.6 is 0 Å². The summed E-state index contributed by atoms with van der Waals surface area (Å²) in [6, 6.07) is 0.0559. The van der Waals surface area contributed by atoms with Gasteiger partial charge in [-0.2, -0.15) is 0 Å². The Labute approximate surface area is 90.7 Å². The van der Waals surface area contributed by atoms with Crippen LogP contribution in [0.5, 0.6) is 0 Å². The number of hydrogen-bond donors (Lipinski definition) is 1. The number of nitrogens with two attached hydrogens (primary N) is 1. The first-order valence-corrected chi connectivity index (χ1v) is 5.61. The molecule has 0 spiro atoms. The van der Waals surface area contributed by atoms with Gasteiger partial charge in [-0.25, -0.2) is 4.79 Å². The molecule has 2 unspecified atom stereocenters. The molecule has 0 radical (unpaired) electrons. The van der Waals surface area contributed by atoms with Crippen molar-refractivity contribution >= 4 is 0 Å². The number of aryl methyl sites for hydroxylation is 1. The molecular weight excluding hydrogens is 190 g/mol. The molecule has 86 valence electrons. The lowest BCUT2D eigenvalue weighted by Crippen LogP contribution is -2.36. The topological polar surface area (TPSA) is 52.9 Å². The third kappa shape index (κ3) is 2.72. The van der Waals surface area contributed by atoms with Gasteiger partial charge in [0.2, 0.25) is 0 Å². The van der Waals surface area contributed by atoms with Crippen LogP contribution in [0.4, 0.5) is 0 Å². The second-order valence-corrected chi connectivity index (χ2v) is 4.07. The Morgan fingerprint density at radius 1 is 1.33 bits per heavy atom. The summed E-state index contributed by atoms with van der Waals surface area (Å²) in [5.41, 5.74) is 6.05. The highest BCUT2D eigenvalue weighted by molar-refractivity contribution is 4.83. The molecule has 1 aromatic rings. The Kier molecular flexibility index (Phi) is 4.15. The summed E-state index contributed by atoms with van der Waals surface area (Å²) in [5.74, 6) is 0.446. The third-order valence-corrected chi connectivity index (χ3v) is 3.04. The lowest BCUT2D eigenvalue weighted by atomic mass is 10.0. The standard InChI is InChI=1S/C11H21N3O/c1-4-9(3)10(12)8-14-7-6-13(5-2)11(14)15/h6-7,9-10H,4-5,8,12H2,1-3H3. The summed E-state index contributed by atoms with van der Waals surface area (Å²) in [4.78, 5) is 11.7. The van der Waals surface area contributed by atoms with E-state index >= 15 is 0 Å². The maximum absolute atomic E-state index is 11.7. The van der Waals surface area contributed by atoms with E-state index in [4.69, 9.17) is 5.73 Å². The molecule has 2 atom stereocenters. The maximum Gasteiger partial charge on any atom is 0.328 e. The molecule has 1 aromatic heterocycles. The molecule has 4 nitrogen and oxygen atoms in total. The molecule has 1 rings (SSSR count). The second-order valence-electron chi connectivity index (χ2n) is 4.07. The van der Waals surface area contributed by atoms with Gasteiger partial charge in [0.05, 0.1) is 0 Å². The van der Waals surface area contributed by atoms with Gasteiger partial charge in [-0.15, -0.1) is 0 Å². The lowest BCUT2D eigenvalue weighted by Gasteiger charge is -2.18. The van der Waals surface area contributed by atoms with Crippen molar-refractivity contribution in [2.24, 2.45) is 11.7 Å². The quantitative estimate of drug-likeness (QED) is 0.791. The highest BCUT2D eigenvalue weighted by Gasteiger charge is 2.12. The summed E-state index contributed by atoms with van der Waals surface area (Å²) < 4.78 is 3.38. The molecule has 0 saturated carbocycles. The van der Waals surface area contributed by atoms with E-state index in [1.807, 2.05) is 19.3 Å². The minimum atomic E-state index is 0.0382. The van der Waals surface area contributed by atoms with E-state index in [2.05, 4.69) is 13.8 Å². The molecule has 0 aliphatic heterocycles. The summed E-state index contributed by atoms with van der Waals surface area (Å²) >= 11 is 0. The Morgan fingerprint density at radius 2 is 1.93 bits per heavy atom. The van der Waals surface area contributed by atoms with Crippen molar-refractivity contribution in [2.75, 3.05) is 0 Å². The molecule has 0 saturated heterocycles. The third-order valence-electron chi connectivity index (χ3n) is 3.04. The first-order chi connectivity index (χ1) is 7.10. The van der Waals surface area contributed by atoms with Gasteiger partial charge in [-0.3, -0.25) is 9.13 Å². The summed E-state index contributed by atoms with van der Waals surface area (Å²) in [6.45, 7) is 7.52. The highest BCUT2D eigenvalue weighted by atomic mass is 16.1. The van der Waals surface area contributed by atoms with Crippen LogP contribution in [-0.2, 0) is 13.1 Å². The molecule has 0 amide bonds. The monoisotopic (exact) mass is 211 g/mol. The molecule has 0 aromatic carbocycles. The van der Waals surface area contributed by atoms with Crippen molar-refractivity contribution in [1.29, 1.82) is 0 Å². The van der Waals surface area contributed by atoms with Crippen molar-refractivity contribution in [3.63, 3.8) is 0 Å². The Morgan fingerprint density at radius 3 is 2.40 bits per heavy atom. The first-order valence-electron chi connectivity index (χ1n) is 5.61. The van der Waals surface area contributed by atoms with Crippen molar-refractivity contribution < 1.29 is 0 Å². The number of nitrogens with zero attached hydrogens (tertiary/aromatic N) is 2. The molecule has 0 aliphatic carbocycles. The summed E-state index contributed by atoms with van der Waals surface area (Å²) in [5, 5.41) is 0. The van der Waals surface area contributed by atoms with Crippen LogP contribution in [0.2, 0.25) is 0 Å². The van der Waals surface area contributed by atoms with E-state index in [0.29, 0.717) is 19.0 Å². The van der Waals surface area contributed by atoms with Gasteiger partial charge in [-0.1, -0.05) is 20.3 Å². The Hall–Kier alpha value is -1.03. The smallest absolute Gasteiger partial charge is 0.326 e. The van der Waals surface area contributed by atoms with Crippen LogP contribution in [-0.4, -0.2) is 15.2 Å². The van der Waals surface area contributed by atoms with Gasteiger partial charge < -0.3 is 5.73 Å². The van der Waals surface area contributed by atoms with E-state index in [0.717, 1.165) is 6.42 Å². The molecule has 4 heteroatoms. The van der Waals surface area contributed by atoms with E-state index in [1.54, 1.807) is 9.13 Å². The minimum absolute atomic E-state index is 0.0382. The van der Waals surface area contributed by atoms with E-state index in [1.165, 1.54) is 0 Å². The van der Waals surface area contributed by atoms with Crippen LogP contribution in [0, 0.1) is 5.92 Å². The van der Waals surface area contributed by atoms with Crippen molar-refractivity contribution in [3.8, 4) is 0 Å². The average Bonchev–Trinajstić information content (AvgIpc) is 2.58. The van der Waals surface area contributed by atoms with Gasteiger partial charge in [0.25, 0.3) is 0 Å². The van der Waals surface area contributed by atoms with Gasteiger partial charge in [0.15, 0.2) is 0 Å². The molecule has 2 N–H and O–H groups in total. The predicted octanol–water partition coefficient (Wildman–Crippen LogP) is 1.04. The van der Waals surface area contributed by atoms with Crippen LogP contribution in [0.25, 0.3) is 0 Å². The zero-order valence-corrected chi connectivity index (χ0v) is 9.81. The lowest BCUT2D eigenvalue weighted by molar-refractivity contribution is 0.390. The maximum atomic E-state index is 11.7. The second kappa shape index (κ2) is 5.16. The SMILES string of the molecule is CCC(C)C(N)Cn1ccn(CC)c1=O. The zero-order valence-electron chi connectivity index (χ0n) is 9.81. The van der Waals surface area contributed by atoms with Crippen molar-refractivity contribution in [2.45, 2.75) is 46.3 Å². The molecule has 15 heavy (non-hydrogen) atoms.